The van der Waals surface area contributed by atoms with Crippen LogP contribution in [-0.2, 0) is 0 Å². The molecule has 0 amide bonds. The van der Waals surface area contributed by atoms with Crippen molar-refractivity contribution in [3.63, 3.8) is 0 Å². The molecule has 1 nitrogen and oxygen atoms in total. The van der Waals surface area contributed by atoms with Gasteiger partial charge in [-0.15, -0.1) is 0 Å². The van der Waals surface area contributed by atoms with Crippen LogP contribution in [0.3, 0.4) is 0 Å². The topological polar surface area (TPSA) is 20.2 Å². The summed E-state index contributed by atoms with van der Waals surface area (Å²) in [6.45, 7) is 13.1. The van der Waals surface area contributed by atoms with Crippen molar-refractivity contribution >= 4 is 0 Å². The van der Waals surface area contributed by atoms with Crippen molar-refractivity contribution in [2.45, 2.75) is 66.4 Å². The van der Waals surface area contributed by atoms with Crippen LogP contribution < -0.4 is 0 Å². The molecule has 0 aromatic rings. The van der Waals surface area contributed by atoms with E-state index in [-0.39, 0.29) is 0 Å². The van der Waals surface area contributed by atoms with Crippen LogP contribution in [0.1, 0.15) is 60.8 Å². The van der Waals surface area contributed by atoms with Crippen molar-refractivity contribution < 1.29 is 5.11 Å². The third-order valence-corrected chi connectivity index (χ3v) is 3.48. The number of rotatable bonds is 4. The van der Waals surface area contributed by atoms with Gasteiger partial charge in [0.05, 0.1) is 5.60 Å². The summed E-state index contributed by atoms with van der Waals surface area (Å²) in [4.78, 5) is 0. The van der Waals surface area contributed by atoms with E-state index in [1.807, 2.05) is 0 Å². The maximum absolute atomic E-state index is 10.2. The highest BCUT2D eigenvalue weighted by Crippen LogP contribution is 2.34. The fourth-order valence-corrected chi connectivity index (χ4v) is 1.41. The van der Waals surface area contributed by atoms with Gasteiger partial charge in [-0.25, -0.2) is 0 Å². The number of hydrogen-bond acceptors (Lipinski definition) is 1. The van der Waals surface area contributed by atoms with Gasteiger partial charge >= 0.3 is 0 Å². The Morgan fingerprint density at radius 1 is 1.08 bits per heavy atom. The van der Waals surface area contributed by atoms with E-state index in [9.17, 15) is 5.11 Å². The summed E-state index contributed by atoms with van der Waals surface area (Å²) in [5.41, 5.74) is -0.134. The van der Waals surface area contributed by atoms with Crippen molar-refractivity contribution in [3.05, 3.63) is 0 Å². The lowest BCUT2D eigenvalue weighted by Crippen LogP contribution is -2.33. The molecule has 0 aromatic carbocycles. The molecular formula is C12H26O. The van der Waals surface area contributed by atoms with Gasteiger partial charge in [-0.05, 0) is 30.6 Å². The average Bonchev–Trinajstić information content (AvgIpc) is 2.02. The molecular weight excluding hydrogens is 160 g/mol. The van der Waals surface area contributed by atoms with Gasteiger partial charge in [-0.2, -0.15) is 0 Å². The van der Waals surface area contributed by atoms with Gasteiger partial charge in [-0.3, -0.25) is 0 Å². The highest BCUT2D eigenvalue weighted by atomic mass is 16.3. The molecule has 0 bridgehead atoms. The molecule has 1 heteroatoms. The summed E-state index contributed by atoms with van der Waals surface area (Å²) in [6.07, 6.45) is 2.65. The summed E-state index contributed by atoms with van der Waals surface area (Å²) in [5, 5.41) is 10.2. The Bertz CT molecular complexity index is 140. The van der Waals surface area contributed by atoms with Crippen LogP contribution in [0.4, 0.5) is 0 Å². The molecule has 1 atom stereocenters. The van der Waals surface area contributed by atoms with Crippen LogP contribution in [0.25, 0.3) is 0 Å². The molecule has 0 aliphatic rings. The quantitative estimate of drug-likeness (QED) is 0.711. The summed E-state index contributed by atoms with van der Waals surface area (Å²) < 4.78 is 0. The SMILES string of the molecule is CCC(O)(CC)CC(C)C(C)(C)C. The second kappa shape index (κ2) is 4.45. The Kier molecular flexibility index (Phi) is 4.44. The maximum atomic E-state index is 10.2. The maximum Gasteiger partial charge on any atom is 0.0645 e. The fourth-order valence-electron chi connectivity index (χ4n) is 1.41. The number of aliphatic hydroxyl groups is 1. The third kappa shape index (κ3) is 4.12. The zero-order valence-electron chi connectivity index (χ0n) is 10.1. The minimum atomic E-state index is -0.438. The second-order valence-corrected chi connectivity index (χ2v) is 5.40. The molecule has 1 unspecified atom stereocenters. The first-order chi connectivity index (χ1) is 5.75. The summed E-state index contributed by atoms with van der Waals surface area (Å²) in [6, 6.07) is 0. The molecule has 0 radical (unpaired) electrons. The van der Waals surface area contributed by atoms with Crippen LogP contribution in [0, 0.1) is 11.3 Å². The van der Waals surface area contributed by atoms with Crippen LogP contribution in [0.2, 0.25) is 0 Å². The zero-order valence-corrected chi connectivity index (χ0v) is 10.1. The largest absolute Gasteiger partial charge is 0.390 e. The molecule has 0 heterocycles. The van der Waals surface area contributed by atoms with Crippen molar-refractivity contribution in [2.75, 3.05) is 0 Å². The lowest BCUT2D eigenvalue weighted by molar-refractivity contribution is -0.00587. The van der Waals surface area contributed by atoms with Gasteiger partial charge in [0.1, 0.15) is 0 Å². The first kappa shape index (κ1) is 13.0. The first-order valence-corrected chi connectivity index (χ1v) is 5.47. The molecule has 0 fully saturated rings. The Morgan fingerprint density at radius 3 is 1.69 bits per heavy atom. The molecule has 1 N–H and O–H groups in total. The van der Waals surface area contributed by atoms with E-state index in [2.05, 4.69) is 41.5 Å². The first-order valence-electron chi connectivity index (χ1n) is 5.47. The molecule has 13 heavy (non-hydrogen) atoms. The third-order valence-electron chi connectivity index (χ3n) is 3.48. The van der Waals surface area contributed by atoms with Gasteiger partial charge in [0.15, 0.2) is 0 Å². The molecule has 0 saturated carbocycles. The van der Waals surface area contributed by atoms with Crippen molar-refractivity contribution in [3.8, 4) is 0 Å². The smallest absolute Gasteiger partial charge is 0.0645 e. The Balaban J connectivity index is 4.25. The van der Waals surface area contributed by atoms with Crippen molar-refractivity contribution in [1.82, 2.24) is 0 Å². The molecule has 0 spiro atoms. The molecule has 0 aromatic heterocycles. The van der Waals surface area contributed by atoms with E-state index >= 15 is 0 Å². The Morgan fingerprint density at radius 2 is 1.46 bits per heavy atom. The van der Waals surface area contributed by atoms with Gasteiger partial charge in [0.2, 0.25) is 0 Å². The van der Waals surface area contributed by atoms with Gasteiger partial charge in [-0.1, -0.05) is 41.5 Å². The fraction of sp³-hybridized carbons (Fsp3) is 1.00. The van der Waals surface area contributed by atoms with Crippen LogP contribution in [-0.4, -0.2) is 10.7 Å². The zero-order chi connectivity index (χ0) is 10.7. The summed E-state index contributed by atoms with van der Waals surface area (Å²) >= 11 is 0. The lowest BCUT2D eigenvalue weighted by Gasteiger charge is -2.35. The van der Waals surface area contributed by atoms with Gasteiger partial charge in [0, 0.05) is 0 Å². The normalized spacial score (nSPS) is 15.9. The van der Waals surface area contributed by atoms with Gasteiger partial charge < -0.3 is 5.11 Å². The van der Waals surface area contributed by atoms with E-state index in [1.165, 1.54) is 0 Å². The van der Waals surface area contributed by atoms with E-state index < -0.39 is 5.60 Å². The number of hydrogen-bond donors (Lipinski definition) is 1. The van der Waals surface area contributed by atoms with Gasteiger partial charge in [0.25, 0.3) is 0 Å². The van der Waals surface area contributed by atoms with E-state index in [4.69, 9.17) is 0 Å². The predicted molar refractivity (Wildman–Crippen MR) is 58.8 cm³/mol. The van der Waals surface area contributed by atoms with Crippen LogP contribution in [0.5, 0.6) is 0 Å². The monoisotopic (exact) mass is 186 g/mol. The Hall–Kier alpha value is -0.0400. The lowest BCUT2D eigenvalue weighted by atomic mass is 9.74. The van der Waals surface area contributed by atoms with E-state index in [1.54, 1.807) is 0 Å². The predicted octanol–water partition coefficient (Wildman–Crippen LogP) is 3.61. The molecule has 80 valence electrons. The van der Waals surface area contributed by atoms with E-state index in [0.29, 0.717) is 11.3 Å². The minimum absolute atomic E-state index is 0.304. The standard InChI is InChI=1S/C12H26O/c1-7-12(13,8-2)9-10(3)11(4,5)6/h10,13H,7-9H2,1-6H3. The molecule has 0 saturated heterocycles. The molecule has 0 aliphatic carbocycles. The van der Waals surface area contributed by atoms with Crippen molar-refractivity contribution in [1.29, 1.82) is 0 Å². The summed E-state index contributed by atoms with van der Waals surface area (Å²) in [5.74, 6) is 0.567. The molecule has 0 rings (SSSR count). The van der Waals surface area contributed by atoms with Crippen LogP contribution >= 0.6 is 0 Å². The molecule has 0 aliphatic heterocycles. The second-order valence-electron chi connectivity index (χ2n) is 5.40. The van der Waals surface area contributed by atoms with Crippen molar-refractivity contribution in [2.24, 2.45) is 11.3 Å². The van der Waals surface area contributed by atoms with E-state index in [0.717, 1.165) is 19.3 Å². The highest BCUT2D eigenvalue weighted by molar-refractivity contribution is 4.82. The summed E-state index contributed by atoms with van der Waals surface area (Å²) in [7, 11) is 0. The van der Waals surface area contributed by atoms with Crippen LogP contribution in [0.15, 0.2) is 0 Å². The minimum Gasteiger partial charge on any atom is -0.390 e. The average molecular weight is 186 g/mol. The highest BCUT2D eigenvalue weighted by Gasteiger charge is 2.30. The Labute approximate surface area is 83.5 Å².